The summed E-state index contributed by atoms with van der Waals surface area (Å²) in [6, 6.07) is 26.7. The third kappa shape index (κ3) is 4.23. The van der Waals surface area contributed by atoms with Crippen molar-refractivity contribution in [2.24, 2.45) is 0 Å². The molecule has 0 atom stereocenters. The Kier molecular flexibility index (Phi) is 5.15. The van der Waals surface area contributed by atoms with E-state index in [1.807, 2.05) is 30.3 Å². The summed E-state index contributed by atoms with van der Waals surface area (Å²) in [6.45, 7) is 0.240. The summed E-state index contributed by atoms with van der Waals surface area (Å²) in [4.78, 5) is 0. The molecule has 3 aromatic rings. The number of aliphatic hydroxyl groups is 1. The molecule has 0 aromatic heterocycles. The van der Waals surface area contributed by atoms with E-state index >= 15 is 0 Å². The van der Waals surface area contributed by atoms with Gasteiger partial charge in [-0.3, -0.25) is 0 Å². The van der Waals surface area contributed by atoms with Crippen LogP contribution in [0.1, 0.15) is 5.56 Å². The van der Waals surface area contributed by atoms with Crippen molar-refractivity contribution in [3.63, 3.8) is 0 Å². The smallest absolute Gasteiger partial charge is 0.0471 e. The molecule has 0 bridgehead atoms. The number of fused-ring (bicyclic) bond motifs is 1. The molecule has 1 nitrogen and oxygen atoms in total. The predicted octanol–water partition coefficient (Wildman–Crippen LogP) is 4.06. The maximum absolute atomic E-state index is 8.52. The minimum Gasteiger partial charge on any atom is -0.396 e. The molecule has 0 unspecified atom stereocenters. The van der Waals surface area contributed by atoms with Crippen LogP contribution in [0.15, 0.2) is 78.9 Å². The molecular formula is C18H18O. The standard InChI is InChI=1S/C10H8.C8H10O/c1-2-6-10-8-4-3-7-9(10)5-1;9-7-6-8-4-2-1-3-5-8/h1-8H;1-5,9H,6-7H2. The van der Waals surface area contributed by atoms with Gasteiger partial charge in [-0.25, -0.2) is 0 Å². The highest BCUT2D eigenvalue weighted by Gasteiger charge is 1.86. The van der Waals surface area contributed by atoms with Crippen LogP contribution in [0.25, 0.3) is 10.8 Å². The first-order chi connectivity index (χ1) is 9.40. The van der Waals surface area contributed by atoms with Crippen molar-refractivity contribution in [2.75, 3.05) is 6.61 Å². The molecule has 96 valence electrons. The lowest BCUT2D eigenvalue weighted by Crippen LogP contribution is -1.88. The quantitative estimate of drug-likeness (QED) is 0.727. The van der Waals surface area contributed by atoms with Crippen molar-refractivity contribution in [2.45, 2.75) is 6.42 Å². The SMILES string of the molecule is OCCc1ccccc1.c1ccc2ccccc2c1. The van der Waals surface area contributed by atoms with Crippen molar-refractivity contribution in [3.05, 3.63) is 84.4 Å². The Morgan fingerprint density at radius 1 is 0.579 bits per heavy atom. The second-order valence-corrected chi connectivity index (χ2v) is 4.31. The average Bonchev–Trinajstić information content (AvgIpc) is 2.50. The second-order valence-electron chi connectivity index (χ2n) is 4.31. The highest BCUT2D eigenvalue weighted by molar-refractivity contribution is 5.81. The molecule has 3 aromatic carbocycles. The van der Waals surface area contributed by atoms with E-state index in [0.29, 0.717) is 0 Å². The zero-order valence-corrected chi connectivity index (χ0v) is 10.9. The van der Waals surface area contributed by atoms with Crippen molar-refractivity contribution in [1.29, 1.82) is 0 Å². The van der Waals surface area contributed by atoms with E-state index in [2.05, 4.69) is 48.5 Å². The molecule has 0 aliphatic carbocycles. The summed E-state index contributed by atoms with van der Waals surface area (Å²) >= 11 is 0. The maximum Gasteiger partial charge on any atom is 0.0471 e. The van der Waals surface area contributed by atoms with E-state index in [9.17, 15) is 0 Å². The molecule has 0 saturated heterocycles. The molecule has 0 aliphatic heterocycles. The zero-order valence-electron chi connectivity index (χ0n) is 10.9. The molecule has 0 amide bonds. The van der Waals surface area contributed by atoms with Crippen LogP contribution < -0.4 is 0 Å². The third-order valence-electron chi connectivity index (χ3n) is 2.90. The Morgan fingerprint density at radius 3 is 1.42 bits per heavy atom. The van der Waals surface area contributed by atoms with Crippen LogP contribution >= 0.6 is 0 Å². The first-order valence-corrected chi connectivity index (χ1v) is 6.49. The molecule has 0 radical (unpaired) electrons. The highest BCUT2D eigenvalue weighted by Crippen LogP contribution is 2.11. The van der Waals surface area contributed by atoms with Gasteiger partial charge in [0.25, 0.3) is 0 Å². The van der Waals surface area contributed by atoms with Gasteiger partial charge in [0.1, 0.15) is 0 Å². The summed E-state index contributed by atoms with van der Waals surface area (Å²) in [5, 5.41) is 11.1. The Bertz CT molecular complexity index is 537. The third-order valence-corrected chi connectivity index (χ3v) is 2.90. The van der Waals surface area contributed by atoms with Gasteiger partial charge in [-0.2, -0.15) is 0 Å². The van der Waals surface area contributed by atoms with Crippen LogP contribution in [-0.4, -0.2) is 11.7 Å². The summed E-state index contributed by atoms with van der Waals surface area (Å²) < 4.78 is 0. The Labute approximate surface area is 114 Å². The van der Waals surface area contributed by atoms with E-state index in [-0.39, 0.29) is 6.61 Å². The molecule has 1 N–H and O–H groups in total. The number of rotatable bonds is 2. The van der Waals surface area contributed by atoms with Crippen LogP contribution in [-0.2, 0) is 6.42 Å². The van der Waals surface area contributed by atoms with E-state index in [4.69, 9.17) is 5.11 Å². The second kappa shape index (κ2) is 7.34. The summed E-state index contributed by atoms with van der Waals surface area (Å²) in [7, 11) is 0. The van der Waals surface area contributed by atoms with Gasteiger partial charge >= 0.3 is 0 Å². The van der Waals surface area contributed by atoms with Gasteiger partial charge in [-0.05, 0) is 22.8 Å². The molecule has 0 spiro atoms. The number of hydrogen-bond acceptors (Lipinski definition) is 1. The summed E-state index contributed by atoms with van der Waals surface area (Å²) in [5.41, 5.74) is 1.19. The number of hydrogen-bond donors (Lipinski definition) is 1. The van der Waals surface area contributed by atoms with Crippen molar-refractivity contribution >= 4 is 10.8 Å². The largest absolute Gasteiger partial charge is 0.396 e. The molecule has 1 heteroatoms. The molecule has 3 rings (SSSR count). The van der Waals surface area contributed by atoms with Gasteiger partial charge in [-0.1, -0.05) is 78.9 Å². The van der Waals surface area contributed by atoms with Crippen LogP contribution in [0.5, 0.6) is 0 Å². The van der Waals surface area contributed by atoms with Crippen molar-refractivity contribution in [1.82, 2.24) is 0 Å². The fourth-order valence-corrected chi connectivity index (χ4v) is 1.91. The van der Waals surface area contributed by atoms with Gasteiger partial charge in [0.15, 0.2) is 0 Å². The molecule has 0 saturated carbocycles. The molecule has 0 heterocycles. The highest BCUT2D eigenvalue weighted by atomic mass is 16.2. The monoisotopic (exact) mass is 250 g/mol. The average molecular weight is 250 g/mol. The minimum atomic E-state index is 0.240. The van der Waals surface area contributed by atoms with Crippen molar-refractivity contribution in [3.8, 4) is 0 Å². The Hall–Kier alpha value is -2.12. The lowest BCUT2D eigenvalue weighted by molar-refractivity contribution is 0.299. The predicted molar refractivity (Wildman–Crippen MR) is 81.2 cm³/mol. The zero-order chi connectivity index (χ0) is 13.3. The van der Waals surface area contributed by atoms with Crippen LogP contribution in [0.4, 0.5) is 0 Å². The molecule has 0 fully saturated rings. The first-order valence-electron chi connectivity index (χ1n) is 6.49. The van der Waals surface area contributed by atoms with Crippen LogP contribution in [0.3, 0.4) is 0 Å². The minimum absolute atomic E-state index is 0.240. The topological polar surface area (TPSA) is 20.2 Å². The van der Waals surface area contributed by atoms with Gasteiger partial charge < -0.3 is 5.11 Å². The van der Waals surface area contributed by atoms with Crippen molar-refractivity contribution < 1.29 is 5.11 Å². The maximum atomic E-state index is 8.52. The van der Waals surface area contributed by atoms with E-state index < -0.39 is 0 Å². The van der Waals surface area contributed by atoms with Gasteiger partial charge in [0.05, 0.1) is 0 Å². The van der Waals surface area contributed by atoms with E-state index in [0.717, 1.165) is 6.42 Å². The normalized spacial score (nSPS) is 9.74. The van der Waals surface area contributed by atoms with Gasteiger partial charge in [0, 0.05) is 6.61 Å². The van der Waals surface area contributed by atoms with Gasteiger partial charge in [-0.15, -0.1) is 0 Å². The van der Waals surface area contributed by atoms with Crippen LogP contribution in [0, 0.1) is 0 Å². The van der Waals surface area contributed by atoms with E-state index in [1.165, 1.54) is 16.3 Å². The first kappa shape index (κ1) is 13.3. The van der Waals surface area contributed by atoms with E-state index in [1.54, 1.807) is 0 Å². The lowest BCUT2D eigenvalue weighted by Gasteiger charge is -1.93. The molecular weight excluding hydrogens is 232 g/mol. The summed E-state index contributed by atoms with van der Waals surface area (Å²) in [5.74, 6) is 0. The Morgan fingerprint density at radius 2 is 1.00 bits per heavy atom. The van der Waals surface area contributed by atoms with Gasteiger partial charge in [0.2, 0.25) is 0 Å². The number of benzene rings is 3. The molecule has 0 aliphatic rings. The fourth-order valence-electron chi connectivity index (χ4n) is 1.91. The fraction of sp³-hybridized carbons (Fsp3) is 0.111. The molecule has 19 heavy (non-hydrogen) atoms. The van der Waals surface area contributed by atoms with Crippen LogP contribution in [0.2, 0.25) is 0 Å². The summed E-state index contributed by atoms with van der Waals surface area (Å²) in [6.07, 6.45) is 0.765. The number of aliphatic hydroxyl groups excluding tert-OH is 1. The lowest BCUT2D eigenvalue weighted by atomic mass is 10.1. The Balaban J connectivity index is 0.000000141.